The molecule has 1 heterocycles. The fourth-order valence-electron chi connectivity index (χ4n) is 3.70. The third-order valence-electron chi connectivity index (χ3n) is 5.42. The minimum Gasteiger partial charge on any atom is -0.493 e. The van der Waals surface area contributed by atoms with Crippen molar-refractivity contribution in [3.63, 3.8) is 0 Å². The summed E-state index contributed by atoms with van der Waals surface area (Å²) in [5.74, 6) is 1.13. The molecule has 0 amide bonds. The van der Waals surface area contributed by atoms with Gasteiger partial charge in [-0.05, 0) is 48.9 Å². The monoisotopic (exact) mass is 470 g/mol. The molecule has 166 valence electrons. The third-order valence-corrected chi connectivity index (χ3v) is 7.46. The zero-order valence-electron chi connectivity index (χ0n) is 17.9. The van der Waals surface area contributed by atoms with Crippen LogP contribution in [-0.2, 0) is 10.0 Å². The van der Waals surface area contributed by atoms with E-state index in [1.807, 2.05) is 31.2 Å². The number of hydrogen-bond donors (Lipinski definition) is 0. The normalized spacial score (nSPS) is 16.1. The molecule has 32 heavy (non-hydrogen) atoms. The highest BCUT2D eigenvalue weighted by Gasteiger charge is 2.38. The fraction of sp³-hybridized carbons (Fsp3) is 0.208. The van der Waals surface area contributed by atoms with Crippen LogP contribution < -0.4 is 9.47 Å². The molecule has 1 aliphatic heterocycles. The number of methoxy groups -OCH3 is 2. The Morgan fingerprint density at radius 1 is 0.969 bits per heavy atom. The van der Waals surface area contributed by atoms with Gasteiger partial charge in [-0.2, -0.15) is 17.9 Å². The van der Waals surface area contributed by atoms with Crippen LogP contribution in [0, 0.1) is 6.92 Å². The second-order valence-electron chi connectivity index (χ2n) is 7.45. The summed E-state index contributed by atoms with van der Waals surface area (Å²) < 4.78 is 39.0. The molecule has 0 saturated heterocycles. The molecule has 0 bridgehead atoms. The molecule has 0 unspecified atom stereocenters. The number of hydrogen-bond acceptors (Lipinski definition) is 5. The van der Waals surface area contributed by atoms with Crippen LogP contribution in [0.3, 0.4) is 0 Å². The fourth-order valence-corrected chi connectivity index (χ4v) is 5.38. The number of aryl methyl sites for hydroxylation is 1. The average molecular weight is 471 g/mol. The first kappa shape index (κ1) is 22.2. The number of benzene rings is 3. The van der Waals surface area contributed by atoms with E-state index < -0.39 is 16.1 Å². The van der Waals surface area contributed by atoms with E-state index in [2.05, 4.69) is 5.10 Å². The Labute approximate surface area is 193 Å². The van der Waals surface area contributed by atoms with Crippen LogP contribution in [0.5, 0.6) is 11.5 Å². The van der Waals surface area contributed by atoms with Crippen molar-refractivity contribution in [3.05, 3.63) is 88.4 Å². The van der Waals surface area contributed by atoms with Gasteiger partial charge < -0.3 is 9.47 Å². The molecule has 3 aromatic carbocycles. The Morgan fingerprint density at radius 2 is 1.66 bits per heavy atom. The number of sulfonamides is 1. The second-order valence-corrected chi connectivity index (χ2v) is 9.65. The molecule has 0 saturated carbocycles. The van der Waals surface area contributed by atoms with E-state index in [1.54, 1.807) is 56.7 Å². The van der Waals surface area contributed by atoms with Gasteiger partial charge in [-0.15, -0.1) is 0 Å². The van der Waals surface area contributed by atoms with Crippen molar-refractivity contribution < 1.29 is 17.9 Å². The van der Waals surface area contributed by atoms with Crippen LogP contribution in [-0.4, -0.2) is 32.8 Å². The van der Waals surface area contributed by atoms with Gasteiger partial charge in [0, 0.05) is 17.0 Å². The standard InChI is InChI=1S/C24H23ClN2O4S/c1-16-8-11-18(12-9-16)32(28,29)27-22(19-6-4-5-7-20(19)25)15-21(26-27)17-10-13-23(30-2)24(14-17)31-3/h4-14,22H,15H2,1-3H3/t22-/m1/s1. The molecular formula is C24H23ClN2O4S. The molecule has 4 rings (SSSR count). The van der Waals surface area contributed by atoms with Crippen LogP contribution in [0.2, 0.25) is 5.02 Å². The molecule has 0 aromatic heterocycles. The molecule has 1 aliphatic rings. The SMILES string of the molecule is COc1ccc(C2=NN(S(=O)(=O)c3ccc(C)cc3)[C@@H](c3ccccc3Cl)C2)cc1OC. The molecule has 3 aromatic rings. The molecule has 0 N–H and O–H groups in total. The van der Waals surface area contributed by atoms with Crippen LogP contribution in [0.15, 0.2) is 76.7 Å². The molecule has 0 aliphatic carbocycles. The minimum atomic E-state index is -3.91. The molecule has 0 spiro atoms. The van der Waals surface area contributed by atoms with Gasteiger partial charge in [0.05, 0.1) is 30.9 Å². The maximum Gasteiger partial charge on any atom is 0.279 e. The van der Waals surface area contributed by atoms with Crippen molar-refractivity contribution in [2.45, 2.75) is 24.3 Å². The topological polar surface area (TPSA) is 68.2 Å². The van der Waals surface area contributed by atoms with E-state index in [9.17, 15) is 8.42 Å². The Bertz CT molecular complexity index is 1270. The highest BCUT2D eigenvalue weighted by atomic mass is 35.5. The number of nitrogens with zero attached hydrogens (tertiary/aromatic N) is 2. The predicted octanol–water partition coefficient (Wildman–Crippen LogP) is 5.21. The third kappa shape index (κ3) is 4.06. The lowest BCUT2D eigenvalue weighted by Crippen LogP contribution is -2.27. The number of halogens is 1. The van der Waals surface area contributed by atoms with Crippen LogP contribution in [0.4, 0.5) is 0 Å². The lowest BCUT2D eigenvalue weighted by atomic mass is 9.99. The van der Waals surface area contributed by atoms with E-state index in [-0.39, 0.29) is 4.90 Å². The van der Waals surface area contributed by atoms with Gasteiger partial charge in [0.2, 0.25) is 0 Å². The summed E-state index contributed by atoms with van der Waals surface area (Å²) in [7, 11) is -0.790. The van der Waals surface area contributed by atoms with Crippen LogP contribution in [0.25, 0.3) is 0 Å². The zero-order chi connectivity index (χ0) is 22.9. The van der Waals surface area contributed by atoms with Crippen molar-refractivity contribution in [3.8, 4) is 11.5 Å². The van der Waals surface area contributed by atoms with Gasteiger partial charge in [0.15, 0.2) is 11.5 Å². The maximum absolute atomic E-state index is 13.6. The summed E-state index contributed by atoms with van der Waals surface area (Å²) in [6.07, 6.45) is 0.365. The van der Waals surface area contributed by atoms with Gasteiger partial charge in [-0.1, -0.05) is 47.5 Å². The quantitative estimate of drug-likeness (QED) is 0.496. The van der Waals surface area contributed by atoms with E-state index in [0.29, 0.717) is 34.2 Å². The molecule has 0 fully saturated rings. The Hall–Kier alpha value is -3.03. The van der Waals surface area contributed by atoms with E-state index in [1.165, 1.54) is 4.41 Å². The van der Waals surface area contributed by atoms with Crippen molar-refractivity contribution in [2.75, 3.05) is 14.2 Å². The summed E-state index contributed by atoms with van der Waals surface area (Å²) in [6, 6.07) is 18.8. The highest BCUT2D eigenvalue weighted by molar-refractivity contribution is 7.89. The van der Waals surface area contributed by atoms with E-state index in [0.717, 1.165) is 11.1 Å². The van der Waals surface area contributed by atoms with Crippen molar-refractivity contribution in [1.82, 2.24) is 4.41 Å². The van der Waals surface area contributed by atoms with Gasteiger partial charge in [-0.25, -0.2) is 0 Å². The van der Waals surface area contributed by atoms with Gasteiger partial charge >= 0.3 is 0 Å². The van der Waals surface area contributed by atoms with Gasteiger partial charge in [0.25, 0.3) is 10.0 Å². The van der Waals surface area contributed by atoms with Crippen molar-refractivity contribution >= 4 is 27.3 Å². The Kier molecular flexibility index (Phi) is 6.13. The first-order valence-corrected chi connectivity index (χ1v) is 11.8. The summed E-state index contributed by atoms with van der Waals surface area (Å²) in [5, 5.41) is 5.06. The first-order valence-electron chi connectivity index (χ1n) is 10.0. The Balaban J connectivity index is 1.82. The summed E-state index contributed by atoms with van der Waals surface area (Å²) in [6.45, 7) is 1.91. The smallest absolute Gasteiger partial charge is 0.279 e. The summed E-state index contributed by atoms with van der Waals surface area (Å²) >= 11 is 6.46. The molecular weight excluding hydrogens is 448 g/mol. The predicted molar refractivity (Wildman–Crippen MR) is 125 cm³/mol. The average Bonchev–Trinajstić information content (AvgIpc) is 3.25. The van der Waals surface area contributed by atoms with E-state index >= 15 is 0 Å². The molecule has 1 atom stereocenters. The van der Waals surface area contributed by atoms with Crippen molar-refractivity contribution in [1.29, 1.82) is 0 Å². The number of rotatable bonds is 6. The largest absolute Gasteiger partial charge is 0.493 e. The summed E-state index contributed by atoms with van der Waals surface area (Å²) in [4.78, 5) is 0.178. The number of ether oxygens (including phenoxy) is 2. The minimum absolute atomic E-state index is 0.178. The first-order chi connectivity index (χ1) is 15.3. The van der Waals surface area contributed by atoms with Gasteiger partial charge in [0.1, 0.15) is 0 Å². The number of hydrazone groups is 1. The van der Waals surface area contributed by atoms with Crippen molar-refractivity contribution in [2.24, 2.45) is 5.10 Å². The zero-order valence-corrected chi connectivity index (χ0v) is 19.5. The summed E-state index contributed by atoms with van der Waals surface area (Å²) in [5.41, 5.74) is 3.04. The lowest BCUT2D eigenvalue weighted by molar-refractivity contribution is 0.355. The van der Waals surface area contributed by atoms with Gasteiger partial charge in [-0.3, -0.25) is 0 Å². The highest BCUT2D eigenvalue weighted by Crippen LogP contribution is 2.40. The lowest BCUT2D eigenvalue weighted by Gasteiger charge is -2.24. The second kappa shape index (κ2) is 8.84. The van der Waals surface area contributed by atoms with Crippen LogP contribution >= 0.6 is 11.6 Å². The molecule has 6 nitrogen and oxygen atoms in total. The Morgan fingerprint density at radius 3 is 2.31 bits per heavy atom. The molecule has 8 heteroatoms. The molecule has 0 radical (unpaired) electrons. The maximum atomic E-state index is 13.6. The van der Waals surface area contributed by atoms with Crippen LogP contribution in [0.1, 0.15) is 29.2 Å². The van der Waals surface area contributed by atoms with E-state index in [4.69, 9.17) is 21.1 Å².